The van der Waals surface area contributed by atoms with Gasteiger partial charge in [-0.2, -0.15) is 5.26 Å². The molecule has 0 radical (unpaired) electrons. The van der Waals surface area contributed by atoms with Gasteiger partial charge in [0.2, 0.25) is 7.37 Å². The van der Waals surface area contributed by atoms with Gasteiger partial charge in [0.05, 0.1) is 11.1 Å². The number of thiocarbonyl (C=S) groups is 1. The average molecular weight is 206 g/mol. The van der Waals surface area contributed by atoms with Crippen LogP contribution in [0.25, 0.3) is 0 Å². The molecule has 0 aromatic carbocycles. The Labute approximate surface area is 76.8 Å². The van der Waals surface area contributed by atoms with E-state index in [0.29, 0.717) is 0 Å². The smallest absolute Gasteiger partial charge is 0.202 e. The molecule has 0 aliphatic carbocycles. The van der Waals surface area contributed by atoms with E-state index in [4.69, 9.17) is 11.0 Å². The average Bonchev–Trinajstić information content (AvgIpc) is 1.98. The highest BCUT2D eigenvalue weighted by atomic mass is 32.1. The first-order chi connectivity index (χ1) is 5.48. The SMILES string of the molecule is N#CCCP(=O)(O)CCC(N)=S. The summed E-state index contributed by atoms with van der Waals surface area (Å²) in [4.78, 5) is 9.42. The van der Waals surface area contributed by atoms with E-state index in [1.54, 1.807) is 0 Å². The second-order valence-corrected chi connectivity index (χ2v) is 5.53. The molecule has 0 rings (SSSR count). The molecule has 1 unspecified atom stereocenters. The highest BCUT2D eigenvalue weighted by Crippen LogP contribution is 2.41. The van der Waals surface area contributed by atoms with Crippen LogP contribution in [0.2, 0.25) is 0 Å². The van der Waals surface area contributed by atoms with Crippen LogP contribution in [0.1, 0.15) is 12.8 Å². The van der Waals surface area contributed by atoms with Crippen LogP contribution in [0.5, 0.6) is 0 Å². The van der Waals surface area contributed by atoms with Gasteiger partial charge < -0.3 is 10.6 Å². The van der Waals surface area contributed by atoms with Crippen molar-refractivity contribution in [2.75, 3.05) is 12.3 Å². The fourth-order valence-corrected chi connectivity index (χ4v) is 2.14. The molecule has 0 saturated heterocycles. The maximum atomic E-state index is 11.2. The molecule has 0 amide bonds. The van der Waals surface area contributed by atoms with Crippen molar-refractivity contribution in [3.63, 3.8) is 0 Å². The Morgan fingerprint density at radius 2 is 2.25 bits per heavy atom. The molecule has 0 aliphatic rings. The Kier molecular flexibility index (Phi) is 5.07. The monoisotopic (exact) mass is 206 g/mol. The highest BCUT2D eigenvalue weighted by Gasteiger charge is 2.17. The molecule has 1 atom stereocenters. The second-order valence-electron chi connectivity index (χ2n) is 2.42. The van der Waals surface area contributed by atoms with Crippen molar-refractivity contribution >= 4 is 24.6 Å². The summed E-state index contributed by atoms with van der Waals surface area (Å²) in [5, 5.41) is 8.17. The molecule has 0 aliphatic heterocycles. The third kappa shape index (κ3) is 6.29. The molecular weight excluding hydrogens is 195 g/mol. The minimum absolute atomic E-state index is 0.0338. The highest BCUT2D eigenvalue weighted by molar-refractivity contribution is 7.80. The van der Waals surface area contributed by atoms with Crippen LogP contribution in [0, 0.1) is 11.3 Å². The number of nitrogens with two attached hydrogens (primary N) is 1. The molecule has 0 heterocycles. The first-order valence-corrected chi connectivity index (χ1v) is 5.88. The van der Waals surface area contributed by atoms with Gasteiger partial charge in [0.15, 0.2) is 0 Å². The Balaban J connectivity index is 3.81. The largest absolute Gasteiger partial charge is 0.393 e. The predicted octanol–water partition coefficient (Wildman–Crippen LogP) is 0.847. The van der Waals surface area contributed by atoms with E-state index in [2.05, 4.69) is 12.2 Å². The molecule has 4 nitrogen and oxygen atoms in total. The van der Waals surface area contributed by atoms with Gasteiger partial charge in [-0.3, -0.25) is 4.57 Å². The summed E-state index contributed by atoms with van der Waals surface area (Å²) >= 11 is 4.56. The van der Waals surface area contributed by atoms with Crippen molar-refractivity contribution in [1.82, 2.24) is 0 Å². The summed E-state index contributed by atoms with van der Waals surface area (Å²) in [6.07, 6.45) is 0.496. The van der Waals surface area contributed by atoms with Crippen LogP contribution in [-0.2, 0) is 4.57 Å². The van der Waals surface area contributed by atoms with Gasteiger partial charge in [-0.15, -0.1) is 0 Å². The van der Waals surface area contributed by atoms with Crippen LogP contribution in [0.3, 0.4) is 0 Å². The molecular formula is C6H11N2O2PS. The van der Waals surface area contributed by atoms with Crippen molar-refractivity contribution in [1.29, 1.82) is 5.26 Å². The van der Waals surface area contributed by atoms with E-state index < -0.39 is 7.37 Å². The lowest BCUT2D eigenvalue weighted by Gasteiger charge is -2.07. The molecule has 0 aromatic heterocycles. The molecule has 12 heavy (non-hydrogen) atoms. The quantitative estimate of drug-likeness (QED) is 0.514. The van der Waals surface area contributed by atoms with Gasteiger partial charge in [0.1, 0.15) is 0 Å². The molecule has 0 fully saturated rings. The zero-order chi connectivity index (χ0) is 9.61. The fourth-order valence-electron chi connectivity index (χ4n) is 0.621. The maximum absolute atomic E-state index is 11.2. The lowest BCUT2D eigenvalue weighted by atomic mass is 10.5. The summed E-state index contributed by atoms with van der Waals surface area (Å²) in [5.41, 5.74) is 5.16. The fraction of sp³-hybridized carbons (Fsp3) is 0.667. The Morgan fingerprint density at radius 1 is 1.67 bits per heavy atom. The van der Waals surface area contributed by atoms with Crippen LogP contribution in [0.15, 0.2) is 0 Å². The third-order valence-electron chi connectivity index (χ3n) is 1.28. The first-order valence-electron chi connectivity index (χ1n) is 3.44. The molecule has 3 N–H and O–H groups in total. The molecule has 68 valence electrons. The number of nitrogens with zero attached hydrogens (tertiary/aromatic N) is 1. The molecule has 6 heteroatoms. The Morgan fingerprint density at radius 3 is 2.67 bits per heavy atom. The Hall–Kier alpha value is -0.430. The van der Waals surface area contributed by atoms with Gasteiger partial charge in [0.25, 0.3) is 0 Å². The normalized spacial score (nSPS) is 14.7. The lowest BCUT2D eigenvalue weighted by molar-refractivity contribution is 0.478. The molecule has 0 saturated carbocycles. The van der Waals surface area contributed by atoms with Crippen LogP contribution in [-0.4, -0.2) is 22.2 Å². The first kappa shape index (κ1) is 11.6. The van der Waals surface area contributed by atoms with Crippen molar-refractivity contribution in [3.8, 4) is 6.07 Å². The molecule has 0 bridgehead atoms. The zero-order valence-electron chi connectivity index (χ0n) is 6.56. The third-order valence-corrected chi connectivity index (χ3v) is 3.33. The predicted molar refractivity (Wildman–Crippen MR) is 51.2 cm³/mol. The minimum Gasteiger partial charge on any atom is -0.393 e. The summed E-state index contributed by atoms with van der Waals surface area (Å²) in [6, 6.07) is 1.82. The van der Waals surface area contributed by atoms with E-state index in [9.17, 15) is 9.46 Å². The topological polar surface area (TPSA) is 87.1 Å². The van der Waals surface area contributed by atoms with E-state index in [0.717, 1.165) is 0 Å². The standard InChI is InChI=1S/C6H11N2O2PS/c7-3-1-4-11(9,10)5-2-6(8)12/h1-2,4-5H2,(H2,8,12)(H,9,10). The van der Waals surface area contributed by atoms with E-state index in [1.165, 1.54) is 0 Å². The van der Waals surface area contributed by atoms with Crippen molar-refractivity contribution in [2.24, 2.45) is 5.73 Å². The molecule has 0 spiro atoms. The minimum atomic E-state index is -3.15. The summed E-state index contributed by atoms with van der Waals surface area (Å²) in [5.74, 6) is 0. The number of nitriles is 1. The second kappa shape index (κ2) is 5.26. The lowest BCUT2D eigenvalue weighted by Crippen LogP contribution is -2.10. The van der Waals surface area contributed by atoms with Gasteiger partial charge >= 0.3 is 0 Å². The van der Waals surface area contributed by atoms with Crippen LogP contribution < -0.4 is 5.73 Å². The van der Waals surface area contributed by atoms with Crippen molar-refractivity contribution in [3.05, 3.63) is 0 Å². The van der Waals surface area contributed by atoms with Gasteiger partial charge in [-0.1, -0.05) is 12.2 Å². The van der Waals surface area contributed by atoms with E-state index in [1.807, 2.05) is 6.07 Å². The maximum Gasteiger partial charge on any atom is 0.202 e. The number of hydrogen-bond donors (Lipinski definition) is 2. The van der Waals surface area contributed by atoms with E-state index in [-0.39, 0.29) is 30.2 Å². The van der Waals surface area contributed by atoms with Gasteiger partial charge in [-0.05, 0) is 0 Å². The van der Waals surface area contributed by atoms with Crippen LogP contribution in [0.4, 0.5) is 0 Å². The van der Waals surface area contributed by atoms with Crippen LogP contribution >= 0.6 is 19.6 Å². The summed E-state index contributed by atoms with van der Waals surface area (Å²) in [6.45, 7) is 0. The number of hydrogen-bond acceptors (Lipinski definition) is 3. The molecule has 0 aromatic rings. The van der Waals surface area contributed by atoms with Crippen molar-refractivity contribution < 1.29 is 9.46 Å². The van der Waals surface area contributed by atoms with E-state index >= 15 is 0 Å². The summed E-state index contributed by atoms with van der Waals surface area (Å²) < 4.78 is 11.2. The number of rotatable bonds is 5. The Bertz CT molecular complexity index is 248. The zero-order valence-corrected chi connectivity index (χ0v) is 8.27. The van der Waals surface area contributed by atoms with Crippen molar-refractivity contribution in [2.45, 2.75) is 12.8 Å². The van der Waals surface area contributed by atoms with Gasteiger partial charge in [-0.25, -0.2) is 0 Å². The summed E-state index contributed by atoms with van der Waals surface area (Å²) in [7, 11) is -3.15. The van der Waals surface area contributed by atoms with Gasteiger partial charge in [0, 0.05) is 25.2 Å².